The van der Waals surface area contributed by atoms with Crippen LogP contribution < -0.4 is 0 Å². The topological polar surface area (TPSA) is 20.2 Å². The number of hydrogen-bond donors (Lipinski definition) is 1. The molecule has 1 unspecified atom stereocenters. The standard InChI is InChI=1S/C9H18OS/c1-7(10)6-8-4-5-11-9(8,2)3/h7-8,10H,4-6H2,1-3H3/t7-,8?/m1/s1. The molecule has 0 spiro atoms. The Hall–Kier alpha value is 0.310. The highest BCUT2D eigenvalue weighted by atomic mass is 32.2. The van der Waals surface area contributed by atoms with Gasteiger partial charge in [-0.3, -0.25) is 0 Å². The average Bonchev–Trinajstić information content (AvgIpc) is 2.10. The van der Waals surface area contributed by atoms with Gasteiger partial charge in [-0.15, -0.1) is 0 Å². The lowest BCUT2D eigenvalue weighted by Gasteiger charge is -2.26. The third-order valence-electron chi connectivity index (χ3n) is 2.55. The molecule has 11 heavy (non-hydrogen) atoms. The van der Waals surface area contributed by atoms with Crippen LogP contribution in [0.15, 0.2) is 0 Å². The van der Waals surface area contributed by atoms with Crippen LogP contribution in [0.25, 0.3) is 0 Å². The van der Waals surface area contributed by atoms with Crippen molar-refractivity contribution in [3.8, 4) is 0 Å². The van der Waals surface area contributed by atoms with Crippen LogP contribution in [0, 0.1) is 5.92 Å². The largest absolute Gasteiger partial charge is 0.393 e. The zero-order valence-corrected chi connectivity index (χ0v) is 8.45. The Balaban J connectivity index is 2.45. The molecular weight excluding hydrogens is 156 g/mol. The van der Waals surface area contributed by atoms with Gasteiger partial charge in [0.1, 0.15) is 0 Å². The minimum atomic E-state index is -0.127. The predicted molar refractivity (Wildman–Crippen MR) is 50.9 cm³/mol. The molecule has 2 heteroatoms. The second kappa shape index (κ2) is 3.36. The smallest absolute Gasteiger partial charge is 0.0515 e. The predicted octanol–water partition coefficient (Wildman–Crippen LogP) is 2.29. The van der Waals surface area contributed by atoms with Crippen LogP contribution in [0.1, 0.15) is 33.6 Å². The molecule has 1 saturated heterocycles. The molecule has 0 amide bonds. The highest BCUT2D eigenvalue weighted by molar-refractivity contribution is 8.00. The summed E-state index contributed by atoms with van der Waals surface area (Å²) in [6.45, 7) is 6.47. The van der Waals surface area contributed by atoms with Crippen LogP contribution in [-0.4, -0.2) is 21.7 Å². The van der Waals surface area contributed by atoms with E-state index in [9.17, 15) is 5.11 Å². The molecule has 2 atom stereocenters. The van der Waals surface area contributed by atoms with Gasteiger partial charge < -0.3 is 5.11 Å². The SMILES string of the molecule is C[C@@H](O)CC1CCSC1(C)C. The fourth-order valence-corrected chi connectivity index (χ4v) is 3.12. The Bertz CT molecular complexity index is 132. The van der Waals surface area contributed by atoms with Crippen molar-refractivity contribution in [1.82, 2.24) is 0 Å². The van der Waals surface area contributed by atoms with E-state index in [1.54, 1.807) is 0 Å². The molecule has 0 saturated carbocycles. The van der Waals surface area contributed by atoms with Crippen LogP contribution in [0.4, 0.5) is 0 Å². The molecule has 0 aromatic heterocycles. The molecule has 1 aliphatic heterocycles. The molecule has 1 aliphatic rings. The minimum Gasteiger partial charge on any atom is -0.393 e. The summed E-state index contributed by atoms with van der Waals surface area (Å²) in [7, 11) is 0. The second-order valence-electron chi connectivity index (χ2n) is 4.02. The molecular formula is C9H18OS. The maximum Gasteiger partial charge on any atom is 0.0515 e. The van der Waals surface area contributed by atoms with E-state index in [-0.39, 0.29) is 6.10 Å². The van der Waals surface area contributed by atoms with E-state index < -0.39 is 0 Å². The third kappa shape index (κ3) is 2.38. The quantitative estimate of drug-likeness (QED) is 0.693. The average molecular weight is 174 g/mol. The van der Waals surface area contributed by atoms with E-state index in [1.165, 1.54) is 12.2 Å². The van der Waals surface area contributed by atoms with Gasteiger partial charge in [0.15, 0.2) is 0 Å². The van der Waals surface area contributed by atoms with E-state index in [1.807, 2.05) is 18.7 Å². The van der Waals surface area contributed by atoms with Crippen LogP contribution in [-0.2, 0) is 0 Å². The van der Waals surface area contributed by atoms with Gasteiger partial charge in [-0.2, -0.15) is 11.8 Å². The summed E-state index contributed by atoms with van der Waals surface area (Å²) < 4.78 is 0.400. The van der Waals surface area contributed by atoms with Crippen LogP contribution >= 0.6 is 11.8 Å². The summed E-state index contributed by atoms with van der Waals surface area (Å²) >= 11 is 2.04. The number of hydrogen-bond acceptors (Lipinski definition) is 2. The summed E-state index contributed by atoms with van der Waals surface area (Å²) in [6.07, 6.45) is 2.13. The number of aliphatic hydroxyl groups is 1. The van der Waals surface area contributed by atoms with Gasteiger partial charge in [0.25, 0.3) is 0 Å². The first-order valence-electron chi connectivity index (χ1n) is 4.34. The summed E-state index contributed by atoms with van der Waals surface area (Å²) in [5, 5.41) is 9.24. The van der Waals surface area contributed by atoms with Crippen molar-refractivity contribution in [2.75, 3.05) is 5.75 Å². The van der Waals surface area contributed by atoms with Gasteiger partial charge in [0.2, 0.25) is 0 Å². The third-order valence-corrected chi connectivity index (χ3v) is 4.07. The Morgan fingerprint density at radius 3 is 2.64 bits per heavy atom. The fraction of sp³-hybridized carbons (Fsp3) is 1.00. The molecule has 1 rings (SSSR count). The minimum absolute atomic E-state index is 0.127. The molecule has 1 N–H and O–H groups in total. The van der Waals surface area contributed by atoms with Crippen molar-refractivity contribution in [2.45, 2.75) is 44.5 Å². The summed E-state index contributed by atoms with van der Waals surface area (Å²) in [5.41, 5.74) is 0. The maximum absolute atomic E-state index is 9.24. The molecule has 0 aromatic rings. The molecule has 66 valence electrons. The normalized spacial score (nSPS) is 32.2. The van der Waals surface area contributed by atoms with Gasteiger partial charge in [-0.05, 0) is 31.4 Å². The lowest BCUT2D eigenvalue weighted by Crippen LogP contribution is -2.25. The molecule has 1 nitrogen and oxygen atoms in total. The first-order chi connectivity index (χ1) is 5.02. The first kappa shape index (κ1) is 9.40. The molecule has 0 aromatic carbocycles. The molecule has 1 heterocycles. The van der Waals surface area contributed by atoms with E-state index in [0.717, 1.165) is 6.42 Å². The molecule has 0 radical (unpaired) electrons. The van der Waals surface area contributed by atoms with Crippen molar-refractivity contribution in [3.63, 3.8) is 0 Å². The highest BCUT2D eigenvalue weighted by Gasteiger charge is 2.35. The monoisotopic (exact) mass is 174 g/mol. The Kier molecular flexibility index (Phi) is 2.87. The first-order valence-corrected chi connectivity index (χ1v) is 5.33. The van der Waals surface area contributed by atoms with Crippen molar-refractivity contribution in [1.29, 1.82) is 0 Å². The van der Waals surface area contributed by atoms with Crippen LogP contribution in [0.2, 0.25) is 0 Å². The Morgan fingerprint density at radius 1 is 1.64 bits per heavy atom. The molecule has 1 fully saturated rings. The summed E-state index contributed by atoms with van der Waals surface area (Å²) in [6, 6.07) is 0. The second-order valence-corrected chi connectivity index (χ2v) is 5.77. The lowest BCUT2D eigenvalue weighted by atomic mass is 9.88. The van der Waals surface area contributed by atoms with Crippen molar-refractivity contribution >= 4 is 11.8 Å². The van der Waals surface area contributed by atoms with Crippen molar-refractivity contribution in [2.24, 2.45) is 5.92 Å². The lowest BCUT2D eigenvalue weighted by molar-refractivity contribution is 0.152. The molecule has 0 bridgehead atoms. The highest BCUT2D eigenvalue weighted by Crippen LogP contribution is 2.44. The maximum atomic E-state index is 9.24. The van der Waals surface area contributed by atoms with Crippen molar-refractivity contribution < 1.29 is 5.11 Å². The van der Waals surface area contributed by atoms with E-state index >= 15 is 0 Å². The number of rotatable bonds is 2. The summed E-state index contributed by atoms with van der Waals surface area (Å²) in [4.78, 5) is 0. The number of aliphatic hydroxyl groups excluding tert-OH is 1. The van der Waals surface area contributed by atoms with Crippen LogP contribution in [0.5, 0.6) is 0 Å². The van der Waals surface area contributed by atoms with Gasteiger partial charge in [-0.25, -0.2) is 0 Å². The van der Waals surface area contributed by atoms with Gasteiger partial charge >= 0.3 is 0 Å². The zero-order chi connectivity index (χ0) is 8.48. The van der Waals surface area contributed by atoms with E-state index in [2.05, 4.69) is 13.8 Å². The Morgan fingerprint density at radius 2 is 2.27 bits per heavy atom. The fourth-order valence-electron chi connectivity index (χ4n) is 1.74. The number of thioether (sulfide) groups is 1. The van der Waals surface area contributed by atoms with Gasteiger partial charge in [0, 0.05) is 4.75 Å². The Labute approximate surface area is 73.6 Å². The zero-order valence-electron chi connectivity index (χ0n) is 7.63. The summed E-state index contributed by atoms with van der Waals surface area (Å²) in [5.74, 6) is 1.98. The van der Waals surface area contributed by atoms with E-state index in [4.69, 9.17) is 0 Å². The van der Waals surface area contributed by atoms with Gasteiger partial charge in [-0.1, -0.05) is 13.8 Å². The van der Waals surface area contributed by atoms with Crippen LogP contribution in [0.3, 0.4) is 0 Å². The van der Waals surface area contributed by atoms with E-state index in [0.29, 0.717) is 10.7 Å². The molecule has 0 aliphatic carbocycles. The van der Waals surface area contributed by atoms with Gasteiger partial charge in [0.05, 0.1) is 6.10 Å². The van der Waals surface area contributed by atoms with Crippen molar-refractivity contribution in [3.05, 3.63) is 0 Å².